The van der Waals surface area contributed by atoms with Gasteiger partial charge >= 0.3 is 11.9 Å². The van der Waals surface area contributed by atoms with Gasteiger partial charge in [-0.1, -0.05) is 89.8 Å². The van der Waals surface area contributed by atoms with Gasteiger partial charge in [0.1, 0.15) is 17.2 Å². The van der Waals surface area contributed by atoms with Crippen LogP contribution < -0.4 is 14.2 Å². The van der Waals surface area contributed by atoms with Gasteiger partial charge in [0.2, 0.25) is 0 Å². The van der Waals surface area contributed by atoms with Crippen molar-refractivity contribution >= 4 is 11.9 Å². The number of esters is 2. The molecule has 0 aliphatic heterocycles. The molecule has 1 aliphatic rings. The average molecular weight is 649 g/mol. The maximum atomic E-state index is 12.8. The van der Waals surface area contributed by atoms with Crippen LogP contribution in [0.3, 0.4) is 0 Å². The molecule has 0 N–H and O–H groups in total. The maximum Gasteiger partial charge on any atom is 0.330 e. The first-order chi connectivity index (χ1) is 23.1. The number of benzene rings is 2. The molecular formula is C41H60O6. The Kier molecular flexibility index (Phi) is 19.5. The molecule has 6 heteroatoms. The fourth-order valence-electron chi connectivity index (χ4n) is 6.20. The molecule has 2 aromatic carbocycles. The summed E-state index contributed by atoms with van der Waals surface area (Å²) in [6, 6.07) is 16.1. The zero-order valence-corrected chi connectivity index (χ0v) is 29.1. The molecule has 0 amide bonds. The van der Waals surface area contributed by atoms with Gasteiger partial charge in [-0.25, -0.2) is 4.79 Å². The zero-order chi connectivity index (χ0) is 33.4. The minimum atomic E-state index is -0.327. The number of unbranched alkanes of at least 4 members (excludes halogenated alkanes) is 11. The summed E-state index contributed by atoms with van der Waals surface area (Å²) < 4.78 is 22.5. The molecule has 3 rings (SSSR count). The summed E-state index contributed by atoms with van der Waals surface area (Å²) >= 11 is 0. The molecule has 0 unspecified atom stereocenters. The van der Waals surface area contributed by atoms with E-state index in [1.807, 2.05) is 24.3 Å². The van der Waals surface area contributed by atoms with Gasteiger partial charge < -0.3 is 18.9 Å². The summed E-state index contributed by atoms with van der Waals surface area (Å²) in [5.41, 5.74) is 1.35. The van der Waals surface area contributed by atoms with Crippen molar-refractivity contribution in [1.29, 1.82) is 0 Å². The van der Waals surface area contributed by atoms with Crippen LogP contribution in [-0.2, 0) is 20.7 Å². The smallest absolute Gasteiger partial charge is 0.330 e. The molecule has 1 aliphatic carbocycles. The van der Waals surface area contributed by atoms with Crippen LogP contribution in [0.2, 0.25) is 0 Å². The molecule has 1 fully saturated rings. The second-order valence-corrected chi connectivity index (χ2v) is 13.1. The lowest BCUT2D eigenvalue weighted by Crippen LogP contribution is -2.25. The Balaban J connectivity index is 1.17. The highest BCUT2D eigenvalue weighted by Crippen LogP contribution is 2.33. The Morgan fingerprint density at radius 1 is 0.660 bits per heavy atom. The fourth-order valence-corrected chi connectivity index (χ4v) is 6.20. The van der Waals surface area contributed by atoms with Crippen LogP contribution in [0, 0.1) is 11.8 Å². The Bertz CT molecular complexity index is 1120. The molecule has 0 heterocycles. The Morgan fingerprint density at radius 2 is 1.15 bits per heavy atom. The first-order valence-corrected chi connectivity index (χ1v) is 18.5. The summed E-state index contributed by atoms with van der Waals surface area (Å²) in [4.78, 5) is 23.8. The number of hydrogen-bond donors (Lipinski definition) is 0. The zero-order valence-electron chi connectivity index (χ0n) is 29.1. The van der Waals surface area contributed by atoms with E-state index in [9.17, 15) is 9.59 Å². The lowest BCUT2D eigenvalue weighted by Gasteiger charge is -2.27. The number of rotatable bonds is 25. The van der Waals surface area contributed by atoms with Crippen molar-refractivity contribution in [2.24, 2.45) is 11.8 Å². The molecule has 0 saturated heterocycles. The lowest BCUT2D eigenvalue weighted by atomic mass is 9.79. The van der Waals surface area contributed by atoms with Gasteiger partial charge in [0.25, 0.3) is 0 Å². The van der Waals surface area contributed by atoms with E-state index in [2.05, 4.69) is 37.8 Å². The summed E-state index contributed by atoms with van der Waals surface area (Å²) in [6.07, 6.45) is 22.8. The van der Waals surface area contributed by atoms with Crippen LogP contribution >= 0.6 is 0 Å². The molecule has 47 heavy (non-hydrogen) atoms. The maximum absolute atomic E-state index is 12.8. The normalized spacial score (nSPS) is 15.9. The topological polar surface area (TPSA) is 71.1 Å². The van der Waals surface area contributed by atoms with Crippen LogP contribution in [0.4, 0.5) is 0 Å². The van der Waals surface area contributed by atoms with Crippen LogP contribution in [0.1, 0.15) is 128 Å². The van der Waals surface area contributed by atoms with E-state index in [4.69, 9.17) is 18.9 Å². The van der Waals surface area contributed by atoms with E-state index >= 15 is 0 Å². The van der Waals surface area contributed by atoms with Crippen molar-refractivity contribution in [3.05, 3.63) is 66.7 Å². The van der Waals surface area contributed by atoms with E-state index in [-0.39, 0.29) is 17.9 Å². The highest BCUT2D eigenvalue weighted by atomic mass is 16.5. The summed E-state index contributed by atoms with van der Waals surface area (Å²) in [7, 11) is 0. The summed E-state index contributed by atoms with van der Waals surface area (Å²) in [5.74, 6) is 2.62. The highest BCUT2D eigenvalue weighted by Gasteiger charge is 2.27. The minimum absolute atomic E-state index is 0.00423. The van der Waals surface area contributed by atoms with Gasteiger partial charge in [-0.3, -0.25) is 4.79 Å². The van der Waals surface area contributed by atoms with Gasteiger partial charge in [-0.2, -0.15) is 0 Å². The Hall–Kier alpha value is -3.28. The van der Waals surface area contributed by atoms with E-state index in [0.717, 1.165) is 88.9 Å². The molecular weight excluding hydrogens is 588 g/mol. The van der Waals surface area contributed by atoms with Gasteiger partial charge in [-0.15, -0.1) is 0 Å². The molecule has 2 aromatic rings. The summed E-state index contributed by atoms with van der Waals surface area (Å²) in [5, 5.41) is 0. The monoisotopic (exact) mass is 648 g/mol. The van der Waals surface area contributed by atoms with Crippen LogP contribution in [0.5, 0.6) is 17.2 Å². The minimum Gasteiger partial charge on any atom is -0.494 e. The fraction of sp³-hybridized carbons (Fsp3) is 0.610. The lowest BCUT2D eigenvalue weighted by molar-refractivity contribution is -0.140. The van der Waals surface area contributed by atoms with Gasteiger partial charge in [-0.05, 0) is 106 Å². The molecule has 0 atom stereocenters. The number of aryl methyl sites for hydroxylation is 1. The van der Waals surface area contributed by atoms with Gasteiger partial charge in [0, 0.05) is 6.08 Å². The Morgan fingerprint density at radius 3 is 1.70 bits per heavy atom. The average Bonchev–Trinajstić information content (AvgIpc) is 3.10. The first-order valence-electron chi connectivity index (χ1n) is 18.5. The van der Waals surface area contributed by atoms with E-state index in [1.54, 1.807) is 0 Å². The third-order valence-electron chi connectivity index (χ3n) is 9.22. The number of ether oxygens (including phenoxy) is 4. The quantitative estimate of drug-likeness (QED) is 0.0462. The van der Waals surface area contributed by atoms with E-state index in [1.165, 1.54) is 69.4 Å². The standard InChI is InChI=1S/C41H60O6/c1-3-5-6-14-31-45-38-27-29-39(30-28-38)47-41(43)36-23-19-34(20-24-36)17-18-35-21-25-37(26-22-35)44-32-15-12-10-8-7-9-11-13-16-33-46-40(42)4-2/h4,21-22,25-30,34,36H,2-3,5-20,23-24,31-33H2,1H3. The van der Waals surface area contributed by atoms with Crippen molar-refractivity contribution in [2.45, 2.75) is 129 Å². The van der Waals surface area contributed by atoms with Crippen molar-refractivity contribution in [3.8, 4) is 17.2 Å². The van der Waals surface area contributed by atoms with Gasteiger partial charge in [0.15, 0.2) is 0 Å². The molecule has 6 nitrogen and oxygen atoms in total. The third kappa shape index (κ3) is 16.9. The predicted octanol–water partition coefficient (Wildman–Crippen LogP) is 10.6. The van der Waals surface area contributed by atoms with Crippen LogP contribution in [-0.4, -0.2) is 31.8 Å². The van der Waals surface area contributed by atoms with E-state index < -0.39 is 0 Å². The first kappa shape index (κ1) is 38.2. The van der Waals surface area contributed by atoms with Crippen molar-refractivity contribution in [1.82, 2.24) is 0 Å². The van der Waals surface area contributed by atoms with Crippen molar-refractivity contribution in [2.75, 3.05) is 19.8 Å². The van der Waals surface area contributed by atoms with Gasteiger partial charge in [0.05, 0.1) is 25.7 Å². The largest absolute Gasteiger partial charge is 0.494 e. The predicted molar refractivity (Wildman–Crippen MR) is 190 cm³/mol. The Labute approximate surface area is 284 Å². The number of carbonyl (C=O) groups is 2. The van der Waals surface area contributed by atoms with Crippen molar-refractivity contribution in [3.63, 3.8) is 0 Å². The number of carbonyl (C=O) groups excluding carboxylic acids is 2. The third-order valence-corrected chi connectivity index (χ3v) is 9.22. The molecule has 0 aromatic heterocycles. The van der Waals surface area contributed by atoms with Crippen molar-refractivity contribution < 1.29 is 28.5 Å². The van der Waals surface area contributed by atoms with Crippen LogP contribution in [0.25, 0.3) is 0 Å². The van der Waals surface area contributed by atoms with Crippen LogP contribution in [0.15, 0.2) is 61.2 Å². The summed E-state index contributed by atoms with van der Waals surface area (Å²) in [6.45, 7) is 7.61. The second kappa shape index (κ2) is 23.9. The molecule has 1 saturated carbocycles. The van der Waals surface area contributed by atoms with E-state index in [0.29, 0.717) is 18.3 Å². The SMILES string of the molecule is C=CC(=O)OCCCCCCCCCCCOc1ccc(CCC2CCC(C(=O)Oc3ccc(OCCCCCC)cc3)CC2)cc1. The molecule has 0 bridgehead atoms. The molecule has 0 radical (unpaired) electrons. The second-order valence-electron chi connectivity index (χ2n) is 13.1. The molecule has 260 valence electrons. The highest BCUT2D eigenvalue weighted by molar-refractivity contribution is 5.81. The number of hydrogen-bond acceptors (Lipinski definition) is 6. The molecule has 0 spiro atoms.